The van der Waals surface area contributed by atoms with Gasteiger partial charge in [-0.05, 0) is 48.9 Å². The zero-order valence-electron chi connectivity index (χ0n) is 10.2. The Morgan fingerprint density at radius 2 is 2.06 bits per heavy atom. The number of ketones is 1. The molecule has 3 heteroatoms. The first-order chi connectivity index (χ1) is 8.66. The van der Waals surface area contributed by atoms with E-state index in [0.29, 0.717) is 5.56 Å². The van der Waals surface area contributed by atoms with Gasteiger partial charge in [-0.2, -0.15) is 0 Å². The molecule has 0 fully saturated rings. The van der Waals surface area contributed by atoms with Crippen molar-refractivity contribution in [1.29, 1.82) is 0 Å². The molecule has 3 rings (SSSR count). The third-order valence-electron chi connectivity index (χ3n) is 3.50. The van der Waals surface area contributed by atoms with E-state index in [1.54, 1.807) is 5.38 Å². The Hall–Kier alpha value is -1.61. The molecule has 0 spiro atoms. The SMILES string of the molecule is CC(=O)c1csc(-c2ccc3c(c2)CCC3)c1O. The topological polar surface area (TPSA) is 37.3 Å². The quantitative estimate of drug-likeness (QED) is 0.832. The van der Waals surface area contributed by atoms with E-state index in [4.69, 9.17) is 0 Å². The van der Waals surface area contributed by atoms with Crippen molar-refractivity contribution in [1.82, 2.24) is 0 Å². The third-order valence-corrected chi connectivity index (χ3v) is 4.52. The van der Waals surface area contributed by atoms with Gasteiger partial charge in [0.05, 0.1) is 10.4 Å². The molecular weight excluding hydrogens is 244 g/mol. The third kappa shape index (κ3) is 1.75. The molecule has 0 atom stereocenters. The predicted octanol–water partition coefficient (Wildman–Crippen LogP) is 3.81. The van der Waals surface area contributed by atoms with E-state index in [9.17, 15) is 9.90 Å². The van der Waals surface area contributed by atoms with Gasteiger partial charge in [0.15, 0.2) is 5.78 Å². The molecule has 0 unspecified atom stereocenters. The number of hydrogen-bond donors (Lipinski definition) is 1. The molecule has 1 aliphatic carbocycles. The van der Waals surface area contributed by atoms with Gasteiger partial charge in [-0.1, -0.05) is 12.1 Å². The summed E-state index contributed by atoms with van der Waals surface area (Å²) in [5, 5.41) is 11.8. The highest BCUT2D eigenvalue weighted by Gasteiger charge is 2.17. The van der Waals surface area contributed by atoms with Crippen molar-refractivity contribution in [3.63, 3.8) is 0 Å². The van der Waals surface area contributed by atoms with E-state index in [1.165, 1.54) is 35.8 Å². The molecule has 0 amide bonds. The molecular formula is C15H14O2S. The van der Waals surface area contributed by atoms with Gasteiger partial charge in [0.25, 0.3) is 0 Å². The van der Waals surface area contributed by atoms with Gasteiger partial charge >= 0.3 is 0 Å². The van der Waals surface area contributed by atoms with E-state index in [-0.39, 0.29) is 11.5 Å². The molecule has 1 aliphatic rings. The fourth-order valence-electron chi connectivity index (χ4n) is 2.52. The molecule has 0 saturated heterocycles. The first-order valence-electron chi connectivity index (χ1n) is 6.10. The van der Waals surface area contributed by atoms with Gasteiger partial charge in [-0.25, -0.2) is 0 Å². The molecule has 1 aromatic carbocycles. The zero-order chi connectivity index (χ0) is 12.7. The van der Waals surface area contributed by atoms with Crippen molar-refractivity contribution in [3.05, 3.63) is 40.3 Å². The summed E-state index contributed by atoms with van der Waals surface area (Å²) in [5.74, 6) is 0.0432. The minimum absolute atomic E-state index is 0.0869. The number of aromatic hydroxyl groups is 1. The number of Topliss-reactive ketones (excluding diaryl/α,β-unsaturated/α-hetero) is 1. The van der Waals surface area contributed by atoms with E-state index < -0.39 is 0 Å². The molecule has 0 aliphatic heterocycles. The maximum absolute atomic E-state index is 11.3. The molecule has 18 heavy (non-hydrogen) atoms. The predicted molar refractivity (Wildman–Crippen MR) is 73.4 cm³/mol. The molecule has 0 saturated carbocycles. The second-order valence-corrected chi connectivity index (χ2v) is 5.60. The number of carbonyl (C=O) groups excluding carboxylic acids is 1. The number of aryl methyl sites for hydroxylation is 2. The van der Waals surface area contributed by atoms with Gasteiger partial charge in [-0.15, -0.1) is 11.3 Å². The van der Waals surface area contributed by atoms with Crippen LogP contribution in [0.4, 0.5) is 0 Å². The van der Waals surface area contributed by atoms with E-state index in [0.717, 1.165) is 23.3 Å². The summed E-state index contributed by atoms with van der Waals surface area (Å²) in [6.45, 7) is 1.48. The van der Waals surface area contributed by atoms with Crippen LogP contribution in [-0.4, -0.2) is 10.9 Å². The lowest BCUT2D eigenvalue weighted by atomic mass is 10.0. The average molecular weight is 258 g/mol. The van der Waals surface area contributed by atoms with E-state index in [1.807, 2.05) is 6.07 Å². The van der Waals surface area contributed by atoms with Crippen LogP contribution in [0.1, 0.15) is 34.8 Å². The number of benzene rings is 1. The molecule has 2 aromatic rings. The number of hydrogen-bond acceptors (Lipinski definition) is 3. The normalized spacial score (nSPS) is 13.6. The molecule has 0 radical (unpaired) electrons. The highest BCUT2D eigenvalue weighted by Crippen LogP contribution is 2.40. The summed E-state index contributed by atoms with van der Waals surface area (Å²) in [6.07, 6.45) is 3.49. The van der Waals surface area contributed by atoms with Crippen molar-refractivity contribution < 1.29 is 9.90 Å². The van der Waals surface area contributed by atoms with Gasteiger partial charge in [0.2, 0.25) is 0 Å². The summed E-state index contributed by atoms with van der Waals surface area (Å²) in [5.41, 5.74) is 4.24. The number of thiophene rings is 1. The van der Waals surface area contributed by atoms with Crippen LogP contribution in [0.15, 0.2) is 23.6 Å². The number of fused-ring (bicyclic) bond motifs is 1. The van der Waals surface area contributed by atoms with E-state index in [2.05, 4.69) is 12.1 Å². The van der Waals surface area contributed by atoms with Crippen molar-refractivity contribution in [3.8, 4) is 16.2 Å². The Morgan fingerprint density at radius 1 is 1.28 bits per heavy atom. The minimum atomic E-state index is -0.0869. The Kier molecular flexibility index (Phi) is 2.71. The number of rotatable bonds is 2. The van der Waals surface area contributed by atoms with Gasteiger partial charge in [0.1, 0.15) is 5.75 Å². The monoisotopic (exact) mass is 258 g/mol. The highest BCUT2D eigenvalue weighted by atomic mass is 32.1. The highest BCUT2D eigenvalue weighted by molar-refractivity contribution is 7.14. The van der Waals surface area contributed by atoms with Crippen molar-refractivity contribution in [2.24, 2.45) is 0 Å². The lowest BCUT2D eigenvalue weighted by molar-refractivity contribution is 0.101. The van der Waals surface area contributed by atoms with Gasteiger partial charge < -0.3 is 5.11 Å². The minimum Gasteiger partial charge on any atom is -0.506 e. The largest absolute Gasteiger partial charge is 0.506 e. The van der Waals surface area contributed by atoms with Crippen LogP contribution in [0, 0.1) is 0 Å². The van der Waals surface area contributed by atoms with E-state index >= 15 is 0 Å². The molecule has 0 bridgehead atoms. The second-order valence-electron chi connectivity index (χ2n) is 4.72. The molecule has 2 nitrogen and oxygen atoms in total. The van der Waals surface area contributed by atoms with Gasteiger partial charge in [0, 0.05) is 5.38 Å². The van der Waals surface area contributed by atoms with Crippen LogP contribution in [0.3, 0.4) is 0 Å². The Labute approximate surface area is 110 Å². The van der Waals surface area contributed by atoms with Crippen LogP contribution in [0.2, 0.25) is 0 Å². The van der Waals surface area contributed by atoms with Crippen molar-refractivity contribution in [2.45, 2.75) is 26.2 Å². The standard InChI is InChI=1S/C15H14O2S/c1-9(16)13-8-18-15(14(13)17)12-6-5-10-3-2-4-11(10)7-12/h5-8,17H,2-4H2,1H3. The van der Waals surface area contributed by atoms with Crippen molar-refractivity contribution in [2.75, 3.05) is 0 Å². The zero-order valence-corrected chi connectivity index (χ0v) is 11.0. The maximum Gasteiger partial charge on any atom is 0.164 e. The number of carbonyl (C=O) groups is 1. The molecule has 1 heterocycles. The molecule has 1 aromatic heterocycles. The lowest BCUT2D eigenvalue weighted by Crippen LogP contribution is -1.88. The average Bonchev–Trinajstić information content (AvgIpc) is 2.93. The van der Waals surface area contributed by atoms with Crippen molar-refractivity contribution >= 4 is 17.1 Å². The summed E-state index contributed by atoms with van der Waals surface area (Å²) < 4.78 is 0. The summed E-state index contributed by atoms with van der Waals surface area (Å²) >= 11 is 1.43. The Bertz CT molecular complexity index is 625. The lowest BCUT2D eigenvalue weighted by Gasteiger charge is -2.04. The summed E-state index contributed by atoms with van der Waals surface area (Å²) in [6, 6.07) is 6.34. The van der Waals surface area contributed by atoms with Gasteiger partial charge in [-0.3, -0.25) is 4.79 Å². The Balaban J connectivity index is 2.07. The first-order valence-corrected chi connectivity index (χ1v) is 6.98. The first kappa shape index (κ1) is 11.5. The smallest absolute Gasteiger partial charge is 0.164 e. The Morgan fingerprint density at radius 3 is 2.78 bits per heavy atom. The molecule has 92 valence electrons. The van der Waals surface area contributed by atoms with Crippen LogP contribution < -0.4 is 0 Å². The fraction of sp³-hybridized carbons (Fsp3) is 0.267. The van der Waals surface area contributed by atoms with Crippen LogP contribution in [0.5, 0.6) is 5.75 Å². The van der Waals surface area contributed by atoms with Crippen LogP contribution in [-0.2, 0) is 12.8 Å². The van der Waals surface area contributed by atoms with Crippen LogP contribution in [0.25, 0.3) is 10.4 Å². The second kappa shape index (κ2) is 4.25. The molecule has 1 N–H and O–H groups in total. The summed E-state index contributed by atoms with van der Waals surface area (Å²) in [4.78, 5) is 12.1. The summed E-state index contributed by atoms with van der Waals surface area (Å²) in [7, 11) is 0. The van der Waals surface area contributed by atoms with Crippen LogP contribution >= 0.6 is 11.3 Å². The fourth-order valence-corrected chi connectivity index (χ4v) is 3.52. The maximum atomic E-state index is 11.3.